The number of hydrogen-bond acceptors (Lipinski definition) is 4. The normalized spacial score (nSPS) is 12.2. The summed E-state index contributed by atoms with van der Waals surface area (Å²) in [5.41, 5.74) is 5.72. The van der Waals surface area contributed by atoms with Gasteiger partial charge in [0.15, 0.2) is 0 Å². The van der Waals surface area contributed by atoms with Crippen molar-refractivity contribution in [2.75, 3.05) is 24.3 Å². The van der Waals surface area contributed by atoms with Gasteiger partial charge in [0.05, 0.1) is 18.9 Å². The summed E-state index contributed by atoms with van der Waals surface area (Å²) in [7, 11) is 0. The highest BCUT2D eigenvalue weighted by Crippen LogP contribution is 2.16. The molecule has 0 radical (unpaired) electrons. The minimum atomic E-state index is -0.701. The highest BCUT2D eigenvalue weighted by Gasteiger charge is 2.13. The van der Waals surface area contributed by atoms with Crippen LogP contribution in [0.2, 0.25) is 0 Å². The van der Waals surface area contributed by atoms with Gasteiger partial charge in [-0.25, -0.2) is 4.39 Å². The zero-order valence-electron chi connectivity index (χ0n) is 9.44. The number of carbonyl (C=O) groups is 1. The second-order valence-corrected chi connectivity index (χ2v) is 3.46. The van der Waals surface area contributed by atoms with Crippen molar-refractivity contribution in [3.05, 3.63) is 24.0 Å². The molecule has 0 heterocycles. The lowest BCUT2D eigenvalue weighted by Gasteiger charge is -2.12. The lowest BCUT2D eigenvalue weighted by molar-refractivity contribution is -0.126. The molecule has 17 heavy (non-hydrogen) atoms. The van der Waals surface area contributed by atoms with E-state index in [1.54, 1.807) is 6.92 Å². The SMILES string of the molecule is CC(OCCO)C(=O)Nc1ccc(F)c(N)c1. The Morgan fingerprint density at radius 3 is 2.94 bits per heavy atom. The zero-order valence-corrected chi connectivity index (χ0v) is 9.44. The predicted molar refractivity (Wildman–Crippen MR) is 61.9 cm³/mol. The van der Waals surface area contributed by atoms with Gasteiger partial charge in [0.25, 0.3) is 5.91 Å². The van der Waals surface area contributed by atoms with E-state index in [-0.39, 0.29) is 24.8 Å². The smallest absolute Gasteiger partial charge is 0.253 e. The van der Waals surface area contributed by atoms with Crippen LogP contribution < -0.4 is 11.1 Å². The lowest BCUT2D eigenvalue weighted by atomic mass is 10.2. The monoisotopic (exact) mass is 242 g/mol. The van der Waals surface area contributed by atoms with Crippen molar-refractivity contribution in [2.24, 2.45) is 0 Å². The van der Waals surface area contributed by atoms with Crippen LogP contribution in [0.25, 0.3) is 0 Å². The molecule has 5 nitrogen and oxygen atoms in total. The van der Waals surface area contributed by atoms with Gasteiger partial charge in [-0.1, -0.05) is 0 Å². The Labute approximate surface area is 98.4 Å². The van der Waals surface area contributed by atoms with Crippen LogP contribution in [-0.4, -0.2) is 30.3 Å². The van der Waals surface area contributed by atoms with Crippen molar-refractivity contribution in [1.29, 1.82) is 0 Å². The summed E-state index contributed by atoms with van der Waals surface area (Å²) < 4.78 is 17.9. The largest absolute Gasteiger partial charge is 0.396 e. The maximum atomic E-state index is 12.9. The molecule has 0 bridgehead atoms. The Hall–Kier alpha value is -1.66. The van der Waals surface area contributed by atoms with Gasteiger partial charge in [0.1, 0.15) is 11.9 Å². The van der Waals surface area contributed by atoms with Crippen LogP contribution >= 0.6 is 0 Å². The number of aliphatic hydroxyl groups excluding tert-OH is 1. The van der Waals surface area contributed by atoms with Gasteiger partial charge < -0.3 is 20.9 Å². The van der Waals surface area contributed by atoms with Crippen LogP contribution in [-0.2, 0) is 9.53 Å². The number of ether oxygens (including phenoxy) is 1. The fourth-order valence-corrected chi connectivity index (χ4v) is 1.17. The van der Waals surface area contributed by atoms with Gasteiger partial charge >= 0.3 is 0 Å². The first-order chi connectivity index (χ1) is 8.04. The maximum absolute atomic E-state index is 12.9. The number of halogens is 1. The van der Waals surface area contributed by atoms with Gasteiger partial charge in [-0.15, -0.1) is 0 Å². The van der Waals surface area contributed by atoms with E-state index in [0.717, 1.165) is 0 Å². The van der Waals surface area contributed by atoms with E-state index in [1.165, 1.54) is 18.2 Å². The molecule has 0 aliphatic carbocycles. The quantitative estimate of drug-likeness (QED) is 0.665. The predicted octanol–water partition coefficient (Wildman–Crippen LogP) is 0.744. The zero-order chi connectivity index (χ0) is 12.8. The van der Waals surface area contributed by atoms with Crippen LogP contribution in [0, 0.1) is 5.82 Å². The molecule has 4 N–H and O–H groups in total. The van der Waals surface area contributed by atoms with E-state index < -0.39 is 11.9 Å². The fraction of sp³-hybridized carbons (Fsp3) is 0.364. The molecule has 94 valence electrons. The van der Waals surface area contributed by atoms with Gasteiger partial charge in [0.2, 0.25) is 0 Å². The Bertz CT molecular complexity index is 398. The van der Waals surface area contributed by atoms with Crippen LogP contribution in [0.5, 0.6) is 0 Å². The molecule has 1 rings (SSSR count). The van der Waals surface area contributed by atoms with Crippen molar-refractivity contribution >= 4 is 17.3 Å². The number of nitrogens with one attached hydrogen (secondary N) is 1. The molecule has 0 fully saturated rings. The first-order valence-electron chi connectivity index (χ1n) is 5.13. The number of hydrogen-bond donors (Lipinski definition) is 3. The van der Waals surface area contributed by atoms with Gasteiger partial charge in [-0.3, -0.25) is 4.79 Å². The van der Waals surface area contributed by atoms with Crippen molar-refractivity contribution in [3.63, 3.8) is 0 Å². The summed E-state index contributed by atoms with van der Waals surface area (Å²) in [6, 6.07) is 3.90. The van der Waals surface area contributed by atoms with Gasteiger partial charge in [-0.2, -0.15) is 0 Å². The number of rotatable bonds is 5. The second kappa shape index (κ2) is 6.17. The summed E-state index contributed by atoms with van der Waals surface area (Å²) in [5, 5.41) is 11.1. The minimum absolute atomic E-state index is 0.0354. The van der Waals surface area contributed by atoms with E-state index in [2.05, 4.69) is 5.32 Å². The second-order valence-electron chi connectivity index (χ2n) is 3.46. The molecule has 0 aliphatic heterocycles. The third kappa shape index (κ3) is 4.01. The first-order valence-corrected chi connectivity index (χ1v) is 5.13. The molecular weight excluding hydrogens is 227 g/mol. The number of nitrogens with two attached hydrogens (primary N) is 1. The van der Waals surface area contributed by atoms with E-state index in [1.807, 2.05) is 0 Å². The van der Waals surface area contributed by atoms with Crippen molar-refractivity contribution in [1.82, 2.24) is 0 Å². The minimum Gasteiger partial charge on any atom is -0.396 e. The van der Waals surface area contributed by atoms with E-state index in [0.29, 0.717) is 5.69 Å². The Morgan fingerprint density at radius 1 is 1.65 bits per heavy atom. The molecule has 6 heteroatoms. The lowest BCUT2D eigenvalue weighted by Crippen LogP contribution is -2.28. The topological polar surface area (TPSA) is 84.6 Å². The number of carbonyl (C=O) groups excluding carboxylic acids is 1. The summed E-state index contributed by atoms with van der Waals surface area (Å²) in [6.07, 6.45) is -0.701. The Balaban J connectivity index is 2.58. The van der Waals surface area contributed by atoms with Crippen LogP contribution in [0.4, 0.5) is 15.8 Å². The number of amides is 1. The third-order valence-corrected chi connectivity index (χ3v) is 2.09. The van der Waals surface area contributed by atoms with Crippen molar-refractivity contribution in [3.8, 4) is 0 Å². The summed E-state index contributed by atoms with van der Waals surface area (Å²) in [5.74, 6) is -0.919. The van der Waals surface area contributed by atoms with Crippen molar-refractivity contribution < 1.29 is 19.0 Å². The molecule has 1 aromatic carbocycles. The number of anilines is 2. The summed E-state index contributed by atoms with van der Waals surface area (Å²) >= 11 is 0. The molecule has 1 unspecified atom stereocenters. The average Bonchev–Trinajstić information content (AvgIpc) is 2.30. The van der Waals surface area contributed by atoms with Crippen LogP contribution in [0.3, 0.4) is 0 Å². The Kier molecular flexibility index (Phi) is 4.86. The standard InChI is InChI=1S/C11H15FN2O3/c1-7(17-5-4-15)11(16)14-8-2-3-9(12)10(13)6-8/h2-3,6-7,15H,4-5,13H2,1H3,(H,14,16). The summed E-state index contributed by atoms with van der Waals surface area (Å²) in [4.78, 5) is 11.6. The van der Waals surface area contributed by atoms with Crippen LogP contribution in [0.1, 0.15) is 6.92 Å². The first kappa shape index (κ1) is 13.4. The molecule has 0 saturated carbocycles. The highest BCUT2D eigenvalue weighted by atomic mass is 19.1. The maximum Gasteiger partial charge on any atom is 0.253 e. The van der Waals surface area contributed by atoms with Gasteiger partial charge in [-0.05, 0) is 25.1 Å². The van der Waals surface area contributed by atoms with Gasteiger partial charge in [0, 0.05) is 5.69 Å². The third-order valence-electron chi connectivity index (χ3n) is 2.09. The van der Waals surface area contributed by atoms with Crippen molar-refractivity contribution in [2.45, 2.75) is 13.0 Å². The summed E-state index contributed by atoms with van der Waals surface area (Å²) in [6.45, 7) is 1.49. The van der Waals surface area contributed by atoms with E-state index in [9.17, 15) is 9.18 Å². The van der Waals surface area contributed by atoms with E-state index >= 15 is 0 Å². The molecule has 1 atom stereocenters. The van der Waals surface area contributed by atoms with E-state index in [4.69, 9.17) is 15.6 Å². The molecule has 0 spiro atoms. The van der Waals surface area contributed by atoms with Crippen LogP contribution in [0.15, 0.2) is 18.2 Å². The fourth-order valence-electron chi connectivity index (χ4n) is 1.17. The molecular formula is C11H15FN2O3. The number of nitrogen functional groups attached to an aromatic ring is 1. The number of benzene rings is 1. The molecule has 1 amide bonds. The Morgan fingerprint density at radius 2 is 2.35 bits per heavy atom. The molecule has 0 saturated heterocycles. The average molecular weight is 242 g/mol. The molecule has 0 aromatic heterocycles. The number of aliphatic hydroxyl groups is 1. The molecule has 0 aliphatic rings. The highest BCUT2D eigenvalue weighted by molar-refractivity contribution is 5.94. The molecule has 1 aromatic rings.